The molecule has 0 aliphatic heterocycles. The fourth-order valence-corrected chi connectivity index (χ4v) is 2.74. The molecule has 0 fully saturated rings. The quantitative estimate of drug-likeness (QED) is 0.682. The van der Waals surface area contributed by atoms with Gasteiger partial charge in [-0.05, 0) is 43.0 Å². The number of methoxy groups -OCH3 is 2. The van der Waals surface area contributed by atoms with E-state index in [0.29, 0.717) is 17.4 Å². The Hall–Kier alpha value is -3.02. The minimum Gasteiger partial charge on any atom is -0.497 e. The van der Waals surface area contributed by atoms with Crippen LogP contribution >= 0.6 is 0 Å². The zero-order chi connectivity index (χ0) is 20.7. The van der Waals surface area contributed by atoms with Gasteiger partial charge >= 0.3 is 5.97 Å². The van der Waals surface area contributed by atoms with Gasteiger partial charge in [-0.25, -0.2) is 4.79 Å². The second-order valence-electron chi connectivity index (χ2n) is 6.50. The Morgan fingerprint density at radius 1 is 1.04 bits per heavy atom. The van der Waals surface area contributed by atoms with Crippen LogP contribution in [-0.4, -0.2) is 32.2 Å². The number of carbonyl (C=O) groups is 2. The lowest BCUT2D eigenvalue weighted by Gasteiger charge is -2.18. The molecule has 6 nitrogen and oxygen atoms in total. The van der Waals surface area contributed by atoms with Crippen LogP contribution in [0.2, 0.25) is 0 Å². The van der Waals surface area contributed by atoms with Crippen molar-refractivity contribution >= 4 is 17.6 Å². The van der Waals surface area contributed by atoms with E-state index in [9.17, 15) is 9.59 Å². The summed E-state index contributed by atoms with van der Waals surface area (Å²) in [7, 11) is 2.98. The van der Waals surface area contributed by atoms with Crippen LogP contribution in [0.1, 0.15) is 49.0 Å². The van der Waals surface area contributed by atoms with Gasteiger partial charge in [0.1, 0.15) is 17.1 Å². The van der Waals surface area contributed by atoms with Crippen molar-refractivity contribution in [2.24, 2.45) is 0 Å². The van der Waals surface area contributed by atoms with Crippen molar-refractivity contribution in [2.45, 2.75) is 39.2 Å². The normalized spacial score (nSPS) is 12.6. The number of para-hydroxylation sites is 1. The second kappa shape index (κ2) is 9.78. The lowest BCUT2D eigenvalue weighted by molar-refractivity contribution is -0.123. The van der Waals surface area contributed by atoms with E-state index in [1.807, 2.05) is 24.3 Å². The SMILES string of the molecule is CC[C@@H](C)c1ccccc1NC(=O)[C@@H](C)OC(=O)c1ccc(OC)cc1OC. The van der Waals surface area contributed by atoms with Crippen LogP contribution in [0.5, 0.6) is 11.5 Å². The summed E-state index contributed by atoms with van der Waals surface area (Å²) in [5.74, 6) is 0.145. The molecule has 0 spiro atoms. The van der Waals surface area contributed by atoms with Crippen molar-refractivity contribution < 1.29 is 23.8 Å². The molecular weight excluding hydrogens is 358 g/mol. The zero-order valence-corrected chi connectivity index (χ0v) is 16.9. The Bertz CT molecular complexity index is 833. The maximum absolute atomic E-state index is 12.6. The summed E-state index contributed by atoms with van der Waals surface area (Å²) in [4.78, 5) is 25.0. The third-order valence-electron chi connectivity index (χ3n) is 4.64. The second-order valence-corrected chi connectivity index (χ2v) is 6.50. The van der Waals surface area contributed by atoms with Crippen molar-refractivity contribution in [1.29, 1.82) is 0 Å². The van der Waals surface area contributed by atoms with Crippen molar-refractivity contribution in [3.05, 3.63) is 53.6 Å². The number of amides is 1. The summed E-state index contributed by atoms with van der Waals surface area (Å²) in [5, 5.41) is 2.86. The van der Waals surface area contributed by atoms with Gasteiger partial charge in [0.25, 0.3) is 5.91 Å². The van der Waals surface area contributed by atoms with E-state index in [1.54, 1.807) is 18.2 Å². The van der Waals surface area contributed by atoms with Crippen molar-refractivity contribution in [3.63, 3.8) is 0 Å². The highest BCUT2D eigenvalue weighted by molar-refractivity contribution is 5.98. The molecule has 0 unspecified atom stereocenters. The molecule has 0 aliphatic rings. The molecule has 0 heterocycles. The molecule has 2 atom stereocenters. The van der Waals surface area contributed by atoms with Gasteiger partial charge in [-0.1, -0.05) is 32.0 Å². The monoisotopic (exact) mass is 385 g/mol. The van der Waals surface area contributed by atoms with E-state index in [4.69, 9.17) is 14.2 Å². The summed E-state index contributed by atoms with van der Waals surface area (Å²) < 4.78 is 15.7. The van der Waals surface area contributed by atoms with E-state index in [2.05, 4.69) is 19.2 Å². The molecule has 0 saturated heterocycles. The third-order valence-corrected chi connectivity index (χ3v) is 4.64. The highest BCUT2D eigenvalue weighted by Gasteiger charge is 2.23. The predicted octanol–water partition coefficient (Wildman–Crippen LogP) is 4.40. The fourth-order valence-electron chi connectivity index (χ4n) is 2.74. The van der Waals surface area contributed by atoms with Gasteiger partial charge < -0.3 is 19.5 Å². The molecule has 28 heavy (non-hydrogen) atoms. The van der Waals surface area contributed by atoms with E-state index >= 15 is 0 Å². The number of hydrogen-bond donors (Lipinski definition) is 1. The Morgan fingerprint density at radius 3 is 2.39 bits per heavy atom. The third kappa shape index (κ3) is 5.03. The van der Waals surface area contributed by atoms with Crippen molar-refractivity contribution in [1.82, 2.24) is 0 Å². The highest BCUT2D eigenvalue weighted by Crippen LogP contribution is 2.27. The molecule has 0 saturated carbocycles. The van der Waals surface area contributed by atoms with Crippen molar-refractivity contribution in [3.8, 4) is 11.5 Å². The zero-order valence-electron chi connectivity index (χ0n) is 16.9. The first-order valence-electron chi connectivity index (χ1n) is 9.24. The molecule has 0 aromatic heterocycles. The molecule has 1 N–H and O–H groups in total. The first-order chi connectivity index (χ1) is 13.4. The molecule has 0 radical (unpaired) electrons. The van der Waals surface area contributed by atoms with Gasteiger partial charge in [-0.2, -0.15) is 0 Å². The average Bonchev–Trinajstić information content (AvgIpc) is 2.72. The molecular formula is C22H27NO5. The Labute approximate surface area is 165 Å². The molecule has 2 aromatic rings. The van der Waals surface area contributed by atoms with Crippen molar-refractivity contribution in [2.75, 3.05) is 19.5 Å². The number of hydrogen-bond acceptors (Lipinski definition) is 5. The van der Waals surface area contributed by atoms with Gasteiger partial charge in [0.15, 0.2) is 6.10 Å². The van der Waals surface area contributed by atoms with E-state index in [0.717, 1.165) is 17.7 Å². The van der Waals surface area contributed by atoms with Gasteiger partial charge in [0.2, 0.25) is 0 Å². The molecule has 150 valence electrons. The van der Waals surface area contributed by atoms with Gasteiger partial charge in [0, 0.05) is 11.8 Å². The van der Waals surface area contributed by atoms with Crippen LogP contribution in [0.4, 0.5) is 5.69 Å². The lowest BCUT2D eigenvalue weighted by Crippen LogP contribution is -2.30. The highest BCUT2D eigenvalue weighted by atomic mass is 16.5. The number of nitrogens with one attached hydrogen (secondary N) is 1. The number of esters is 1. The van der Waals surface area contributed by atoms with Crippen LogP contribution in [0.25, 0.3) is 0 Å². The summed E-state index contributed by atoms with van der Waals surface area (Å²) in [5.41, 5.74) is 2.00. The Balaban J connectivity index is 2.10. The maximum atomic E-state index is 12.6. The number of anilines is 1. The molecule has 0 aliphatic carbocycles. The molecule has 0 bridgehead atoms. The lowest BCUT2D eigenvalue weighted by atomic mass is 9.97. The number of rotatable bonds is 8. The summed E-state index contributed by atoms with van der Waals surface area (Å²) in [6, 6.07) is 12.4. The minimum atomic E-state index is -0.968. The number of carbonyl (C=O) groups excluding carboxylic acids is 2. The molecule has 1 amide bonds. The van der Waals surface area contributed by atoms with E-state index in [-0.39, 0.29) is 5.56 Å². The summed E-state index contributed by atoms with van der Waals surface area (Å²) in [6.07, 6.45) is -0.0152. The number of benzene rings is 2. The summed E-state index contributed by atoms with van der Waals surface area (Å²) in [6.45, 7) is 5.73. The van der Waals surface area contributed by atoms with Crippen LogP contribution in [-0.2, 0) is 9.53 Å². The van der Waals surface area contributed by atoms with Crippen LogP contribution in [0.3, 0.4) is 0 Å². The van der Waals surface area contributed by atoms with E-state index < -0.39 is 18.0 Å². The molecule has 2 rings (SSSR count). The Morgan fingerprint density at radius 2 is 1.75 bits per heavy atom. The molecule has 6 heteroatoms. The number of ether oxygens (including phenoxy) is 3. The standard InChI is InChI=1S/C22H27NO5/c1-6-14(2)17-9-7-8-10-19(17)23-21(24)15(3)28-22(25)18-12-11-16(26-4)13-20(18)27-5/h7-15H,6H2,1-5H3,(H,23,24)/t14-,15-/m1/s1. The van der Waals surface area contributed by atoms with E-state index in [1.165, 1.54) is 21.1 Å². The fraction of sp³-hybridized carbons (Fsp3) is 0.364. The van der Waals surface area contributed by atoms with Gasteiger partial charge in [-0.3, -0.25) is 4.79 Å². The smallest absolute Gasteiger partial charge is 0.342 e. The maximum Gasteiger partial charge on any atom is 0.342 e. The first-order valence-corrected chi connectivity index (χ1v) is 9.24. The predicted molar refractivity (Wildman–Crippen MR) is 108 cm³/mol. The van der Waals surface area contributed by atoms with Gasteiger partial charge in [0.05, 0.1) is 14.2 Å². The molecule has 2 aromatic carbocycles. The topological polar surface area (TPSA) is 73.9 Å². The summed E-state index contributed by atoms with van der Waals surface area (Å²) >= 11 is 0. The largest absolute Gasteiger partial charge is 0.497 e. The van der Waals surface area contributed by atoms with Gasteiger partial charge in [-0.15, -0.1) is 0 Å². The van der Waals surface area contributed by atoms with Crippen LogP contribution in [0, 0.1) is 0 Å². The first kappa shape index (κ1) is 21.3. The van der Waals surface area contributed by atoms with Crippen LogP contribution < -0.4 is 14.8 Å². The van der Waals surface area contributed by atoms with Crippen LogP contribution in [0.15, 0.2) is 42.5 Å². The minimum absolute atomic E-state index is 0.225. The Kier molecular flexibility index (Phi) is 7.44. The average molecular weight is 385 g/mol.